The Morgan fingerprint density at radius 1 is 1.16 bits per heavy atom. The predicted molar refractivity (Wildman–Crippen MR) is 90.1 cm³/mol. The summed E-state index contributed by atoms with van der Waals surface area (Å²) in [6.45, 7) is 0.466. The summed E-state index contributed by atoms with van der Waals surface area (Å²) in [5, 5.41) is 2.62. The third kappa shape index (κ3) is 3.89. The number of ether oxygens (including phenoxy) is 2. The molecule has 25 heavy (non-hydrogen) atoms. The van der Waals surface area contributed by atoms with Crippen LogP contribution >= 0.6 is 0 Å². The molecule has 0 saturated carbocycles. The maximum atomic E-state index is 12.6. The second-order valence-electron chi connectivity index (χ2n) is 5.35. The fraction of sp³-hybridized carbons (Fsp3) is 0.250. The van der Waals surface area contributed by atoms with Gasteiger partial charge in [-0.1, -0.05) is 0 Å². The minimum absolute atomic E-state index is 0.0379. The number of amides is 1. The van der Waals surface area contributed by atoms with E-state index in [9.17, 15) is 13.2 Å². The molecular weight excluding hydrogens is 346 g/mol. The molecule has 0 unspecified atom stereocenters. The van der Waals surface area contributed by atoms with Crippen molar-refractivity contribution in [3.63, 3.8) is 0 Å². The molecule has 1 aliphatic rings. The van der Waals surface area contributed by atoms with E-state index in [0.717, 1.165) is 4.31 Å². The molecule has 0 fully saturated rings. The molecule has 1 N–H and O–H groups in total. The molecular formula is C16H17N3O5S. The Morgan fingerprint density at radius 3 is 2.56 bits per heavy atom. The number of nitrogens with zero attached hydrogens (tertiary/aromatic N) is 2. The SMILES string of the molecule is CN(CC(=O)Nc1ccncc1)S(=O)(=O)c1ccc2c(c1)OCCO2. The molecule has 1 aromatic carbocycles. The number of carbonyl (C=O) groups excluding carboxylic acids is 1. The summed E-state index contributed by atoms with van der Waals surface area (Å²) in [6.07, 6.45) is 3.07. The summed E-state index contributed by atoms with van der Waals surface area (Å²) in [6, 6.07) is 7.62. The standard InChI is InChI=1S/C16H17N3O5S/c1-19(11-16(20)18-12-4-6-17-7-5-12)25(21,22)13-2-3-14-15(10-13)24-9-8-23-14/h2-7,10H,8-9,11H2,1H3,(H,17,18,20). The van der Waals surface area contributed by atoms with Crippen molar-refractivity contribution in [1.82, 2.24) is 9.29 Å². The van der Waals surface area contributed by atoms with Crippen LogP contribution in [0.1, 0.15) is 0 Å². The monoisotopic (exact) mass is 363 g/mol. The Kier molecular flexibility index (Phi) is 4.86. The second-order valence-corrected chi connectivity index (χ2v) is 7.40. The summed E-state index contributed by atoms with van der Waals surface area (Å²) < 4.78 is 37.1. The number of aromatic nitrogens is 1. The first-order valence-corrected chi connectivity index (χ1v) is 8.97. The van der Waals surface area contributed by atoms with E-state index >= 15 is 0 Å². The lowest BCUT2D eigenvalue weighted by molar-refractivity contribution is -0.116. The zero-order chi connectivity index (χ0) is 17.9. The van der Waals surface area contributed by atoms with E-state index < -0.39 is 15.9 Å². The number of nitrogens with one attached hydrogen (secondary N) is 1. The molecule has 9 heteroatoms. The molecule has 0 spiro atoms. The molecule has 0 bridgehead atoms. The third-order valence-corrected chi connectivity index (χ3v) is 5.35. The lowest BCUT2D eigenvalue weighted by atomic mass is 10.3. The number of pyridine rings is 1. The van der Waals surface area contributed by atoms with Crippen molar-refractivity contribution in [1.29, 1.82) is 0 Å². The van der Waals surface area contributed by atoms with Gasteiger partial charge in [0, 0.05) is 31.2 Å². The Hall–Kier alpha value is -2.65. The number of carbonyl (C=O) groups is 1. The van der Waals surface area contributed by atoms with E-state index in [0.29, 0.717) is 30.4 Å². The molecule has 1 aliphatic heterocycles. The third-order valence-electron chi connectivity index (χ3n) is 3.55. The average molecular weight is 363 g/mol. The van der Waals surface area contributed by atoms with Crippen molar-refractivity contribution in [2.45, 2.75) is 4.90 Å². The van der Waals surface area contributed by atoms with Gasteiger partial charge in [-0.2, -0.15) is 4.31 Å². The summed E-state index contributed by atoms with van der Waals surface area (Å²) in [5.41, 5.74) is 0.546. The first-order chi connectivity index (χ1) is 12.0. The summed E-state index contributed by atoms with van der Waals surface area (Å²) in [5.74, 6) is 0.431. The number of likely N-dealkylation sites (N-methyl/N-ethyl adjacent to an activating group) is 1. The van der Waals surface area contributed by atoms with Gasteiger partial charge >= 0.3 is 0 Å². The number of anilines is 1. The number of sulfonamides is 1. The molecule has 0 aliphatic carbocycles. The van der Waals surface area contributed by atoms with Crippen LogP contribution in [-0.2, 0) is 14.8 Å². The highest BCUT2D eigenvalue weighted by Gasteiger charge is 2.25. The van der Waals surface area contributed by atoms with Crippen molar-refractivity contribution >= 4 is 21.6 Å². The highest BCUT2D eigenvalue weighted by atomic mass is 32.2. The molecule has 132 valence electrons. The van der Waals surface area contributed by atoms with Crippen LogP contribution in [0.2, 0.25) is 0 Å². The van der Waals surface area contributed by atoms with Crippen LogP contribution < -0.4 is 14.8 Å². The highest BCUT2D eigenvalue weighted by Crippen LogP contribution is 2.32. The topological polar surface area (TPSA) is 97.8 Å². The van der Waals surface area contributed by atoms with E-state index in [1.54, 1.807) is 18.2 Å². The number of hydrogen-bond acceptors (Lipinski definition) is 6. The van der Waals surface area contributed by atoms with Crippen LogP contribution in [0.25, 0.3) is 0 Å². The highest BCUT2D eigenvalue weighted by molar-refractivity contribution is 7.89. The molecule has 2 aromatic rings. The first-order valence-electron chi connectivity index (χ1n) is 7.53. The van der Waals surface area contributed by atoms with Gasteiger partial charge in [-0.3, -0.25) is 9.78 Å². The van der Waals surface area contributed by atoms with Gasteiger partial charge in [0.05, 0.1) is 11.4 Å². The van der Waals surface area contributed by atoms with E-state index in [4.69, 9.17) is 9.47 Å². The van der Waals surface area contributed by atoms with Crippen molar-refractivity contribution in [3.05, 3.63) is 42.7 Å². The van der Waals surface area contributed by atoms with E-state index in [-0.39, 0.29) is 11.4 Å². The van der Waals surface area contributed by atoms with Gasteiger partial charge < -0.3 is 14.8 Å². The number of rotatable bonds is 5. The van der Waals surface area contributed by atoms with Gasteiger partial charge in [-0.05, 0) is 24.3 Å². The second kappa shape index (κ2) is 7.08. The Balaban J connectivity index is 1.72. The minimum Gasteiger partial charge on any atom is -0.486 e. The molecule has 0 atom stereocenters. The van der Waals surface area contributed by atoms with Crippen LogP contribution in [0.5, 0.6) is 11.5 Å². The summed E-state index contributed by atoms with van der Waals surface area (Å²) >= 11 is 0. The van der Waals surface area contributed by atoms with Crippen molar-refractivity contribution in [3.8, 4) is 11.5 Å². The minimum atomic E-state index is -3.84. The van der Waals surface area contributed by atoms with Gasteiger partial charge in [0.2, 0.25) is 15.9 Å². The van der Waals surface area contributed by atoms with Crippen LogP contribution in [0.4, 0.5) is 5.69 Å². The van der Waals surface area contributed by atoms with Gasteiger partial charge in [0.25, 0.3) is 0 Å². The zero-order valence-corrected chi connectivity index (χ0v) is 14.3. The van der Waals surface area contributed by atoms with Crippen molar-refractivity contribution < 1.29 is 22.7 Å². The van der Waals surface area contributed by atoms with E-state index in [1.807, 2.05) is 0 Å². The average Bonchev–Trinajstić information content (AvgIpc) is 2.62. The van der Waals surface area contributed by atoms with Crippen molar-refractivity contribution in [2.75, 3.05) is 32.1 Å². The summed E-state index contributed by atoms with van der Waals surface area (Å²) in [7, 11) is -2.49. The van der Waals surface area contributed by atoms with E-state index in [2.05, 4.69) is 10.3 Å². The maximum absolute atomic E-state index is 12.6. The molecule has 0 saturated heterocycles. The normalized spacial score (nSPS) is 13.5. The largest absolute Gasteiger partial charge is 0.486 e. The van der Waals surface area contributed by atoms with Gasteiger partial charge in [0.15, 0.2) is 11.5 Å². The first kappa shape index (κ1) is 17.2. The van der Waals surface area contributed by atoms with E-state index in [1.165, 1.54) is 31.6 Å². The quantitative estimate of drug-likeness (QED) is 0.855. The lowest BCUT2D eigenvalue weighted by Crippen LogP contribution is -2.35. The van der Waals surface area contributed by atoms with Crippen LogP contribution in [0.15, 0.2) is 47.6 Å². The van der Waals surface area contributed by atoms with Gasteiger partial charge in [-0.25, -0.2) is 8.42 Å². The lowest BCUT2D eigenvalue weighted by Gasteiger charge is -2.21. The van der Waals surface area contributed by atoms with Crippen LogP contribution in [0, 0.1) is 0 Å². The fourth-order valence-corrected chi connectivity index (χ4v) is 3.43. The predicted octanol–water partition coefficient (Wildman–Crippen LogP) is 1.11. The number of fused-ring (bicyclic) bond motifs is 1. The van der Waals surface area contributed by atoms with Gasteiger partial charge in [0.1, 0.15) is 13.2 Å². The summed E-state index contributed by atoms with van der Waals surface area (Å²) in [4.78, 5) is 15.9. The molecule has 1 amide bonds. The Labute approximate surface area is 145 Å². The number of benzene rings is 1. The van der Waals surface area contributed by atoms with Crippen molar-refractivity contribution in [2.24, 2.45) is 0 Å². The Morgan fingerprint density at radius 2 is 1.84 bits per heavy atom. The molecule has 1 aromatic heterocycles. The molecule has 3 rings (SSSR count). The number of hydrogen-bond donors (Lipinski definition) is 1. The maximum Gasteiger partial charge on any atom is 0.243 e. The van der Waals surface area contributed by atoms with Crippen LogP contribution in [-0.4, -0.2) is 50.4 Å². The van der Waals surface area contributed by atoms with Gasteiger partial charge in [-0.15, -0.1) is 0 Å². The Bertz CT molecular complexity index is 871. The molecule has 2 heterocycles. The fourth-order valence-electron chi connectivity index (χ4n) is 2.29. The molecule has 8 nitrogen and oxygen atoms in total. The zero-order valence-electron chi connectivity index (χ0n) is 13.5. The van der Waals surface area contributed by atoms with Crippen LogP contribution in [0.3, 0.4) is 0 Å². The molecule has 0 radical (unpaired) electrons. The smallest absolute Gasteiger partial charge is 0.243 e.